The number of aliphatic hydroxyl groups is 2. The summed E-state index contributed by atoms with van der Waals surface area (Å²) >= 11 is 0. The van der Waals surface area contributed by atoms with Crippen molar-refractivity contribution in [2.45, 2.75) is 88.3 Å². The molecule has 104 valence electrons. The van der Waals surface area contributed by atoms with Crippen LogP contribution in [0.3, 0.4) is 0 Å². The molecule has 0 saturated heterocycles. The van der Waals surface area contributed by atoms with Crippen molar-refractivity contribution in [1.82, 2.24) is 0 Å². The predicted molar refractivity (Wildman–Crippen MR) is 72.3 cm³/mol. The van der Waals surface area contributed by atoms with Gasteiger partial charge >= 0.3 is 0 Å². The number of hydrogen-bond donors (Lipinski definition) is 2. The summed E-state index contributed by atoms with van der Waals surface area (Å²) in [5.74, 6) is 2.31. The molecular weight excluding hydrogens is 224 g/mol. The Kier molecular flexibility index (Phi) is 3.44. The van der Waals surface area contributed by atoms with Gasteiger partial charge in [0.05, 0.1) is 11.2 Å². The first kappa shape index (κ1) is 12.9. The summed E-state index contributed by atoms with van der Waals surface area (Å²) in [4.78, 5) is 0. The van der Waals surface area contributed by atoms with E-state index in [4.69, 9.17) is 0 Å². The Balaban J connectivity index is 0.000000114. The topological polar surface area (TPSA) is 40.5 Å². The van der Waals surface area contributed by atoms with E-state index >= 15 is 0 Å². The highest BCUT2D eigenvalue weighted by Crippen LogP contribution is 2.46. The van der Waals surface area contributed by atoms with E-state index in [1.807, 2.05) is 0 Å². The van der Waals surface area contributed by atoms with Crippen LogP contribution in [0.5, 0.6) is 0 Å². The molecule has 0 aromatic heterocycles. The zero-order valence-corrected chi connectivity index (χ0v) is 11.5. The molecule has 0 unspecified atom stereocenters. The molecule has 0 aliphatic heterocycles. The lowest BCUT2D eigenvalue weighted by atomic mass is 9.65. The number of hydrogen-bond acceptors (Lipinski definition) is 2. The van der Waals surface area contributed by atoms with Gasteiger partial charge in [0.25, 0.3) is 0 Å². The molecule has 2 heteroatoms. The monoisotopic (exact) mass is 252 g/mol. The molecule has 0 aromatic rings. The number of fused-ring (bicyclic) bond motifs is 6. The van der Waals surface area contributed by atoms with Gasteiger partial charge in [0.15, 0.2) is 0 Å². The van der Waals surface area contributed by atoms with Crippen LogP contribution in [-0.4, -0.2) is 21.4 Å². The molecular formula is C16H28O2. The summed E-state index contributed by atoms with van der Waals surface area (Å²) in [5, 5.41) is 19.4. The van der Waals surface area contributed by atoms with Crippen LogP contribution in [0.2, 0.25) is 0 Å². The lowest BCUT2D eigenvalue weighted by Gasteiger charge is -2.47. The van der Waals surface area contributed by atoms with Crippen molar-refractivity contribution in [1.29, 1.82) is 0 Å². The Labute approximate surface area is 111 Å². The van der Waals surface area contributed by atoms with E-state index in [2.05, 4.69) is 0 Å². The second-order valence-electron chi connectivity index (χ2n) is 7.41. The highest BCUT2D eigenvalue weighted by molar-refractivity contribution is 5.00. The van der Waals surface area contributed by atoms with E-state index < -0.39 is 11.2 Å². The quantitative estimate of drug-likeness (QED) is 0.693. The minimum absolute atomic E-state index is 0.398. The van der Waals surface area contributed by atoms with Crippen LogP contribution in [0.25, 0.3) is 0 Å². The van der Waals surface area contributed by atoms with Crippen LogP contribution < -0.4 is 0 Å². The SMILES string of the molecule is C1CC2CCC1CC2.OC12CCC(O)(CC1)CC2. The van der Waals surface area contributed by atoms with E-state index in [-0.39, 0.29) is 0 Å². The maximum absolute atomic E-state index is 9.72. The Bertz CT molecular complexity index is 226. The fourth-order valence-corrected chi connectivity index (χ4v) is 4.43. The second-order valence-corrected chi connectivity index (χ2v) is 7.41. The van der Waals surface area contributed by atoms with E-state index in [1.54, 1.807) is 38.5 Å². The van der Waals surface area contributed by atoms with Gasteiger partial charge in [-0.05, 0) is 50.4 Å². The first-order valence-corrected chi connectivity index (χ1v) is 8.02. The first-order chi connectivity index (χ1) is 8.57. The molecule has 0 amide bonds. The molecule has 6 aliphatic rings. The van der Waals surface area contributed by atoms with Gasteiger partial charge in [-0.25, -0.2) is 0 Å². The van der Waals surface area contributed by atoms with Crippen LogP contribution >= 0.6 is 0 Å². The molecule has 0 aromatic carbocycles. The van der Waals surface area contributed by atoms with Gasteiger partial charge in [0.1, 0.15) is 0 Å². The van der Waals surface area contributed by atoms with Gasteiger partial charge in [-0.2, -0.15) is 0 Å². The van der Waals surface area contributed by atoms with Crippen LogP contribution in [0.15, 0.2) is 0 Å². The molecule has 2 N–H and O–H groups in total. The fourth-order valence-electron chi connectivity index (χ4n) is 4.43. The minimum atomic E-state index is -0.398. The van der Waals surface area contributed by atoms with Gasteiger partial charge in [0, 0.05) is 0 Å². The largest absolute Gasteiger partial charge is 0.390 e. The summed E-state index contributed by atoms with van der Waals surface area (Å²) in [5.41, 5.74) is -0.797. The van der Waals surface area contributed by atoms with Crippen LogP contribution in [0.4, 0.5) is 0 Å². The average molecular weight is 252 g/mol. The average Bonchev–Trinajstić information content (AvgIpc) is 2.44. The highest BCUT2D eigenvalue weighted by atomic mass is 16.3. The van der Waals surface area contributed by atoms with Crippen LogP contribution in [-0.2, 0) is 0 Å². The van der Waals surface area contributed by atoms with Gasteiger partial charge in [-0.3, -0.25) is 0 Å². The third-order valence-electron chi connectivity index (χ3n) is 6.12. The molecule has 2 nitrogen and oxygen atoms in total. The van der Waals surface area contributed by atoms with Crippen molar-refractivity contribution in [3.63, 3.8) is 0 Å². The van der Waals surface area contributed by atoms with Gasteiger partial charge in [0.2, 0.25) is 0 Å². The van der Waals surface area contributed by atoms with E-state index in [1.165, 1.54) is 0 Å². The summed E-state index contributed by atoms with van der Waals surface area (Å²) in [6.07, 6.45) is 14.2. The normalized spacial score (nSPS) is 49.7. The molecule has 0 radical (unpaired) electrons. The van der Waals surface area contributed by atoms with Crippen molar-refractivity contribution in [2.75, 3.05) is 0 Å². The van der Waals surface area contributed by atoms with E-state index in [9.17, 15) is 10.2 Å². The molecule has 0 atom stereocenters. The van der Waals surface area contributed by atoms with E-state index in [0.717, 1.165) is 50.4 Å². The smallest absolute Gasteiger partial charge is 0.0651 e. The molecule has 6 saturated carbocycles. The van der Waals surface area contributed by atoms with Crippen LogP contribution in [0, 0.1) is 11.8 Å². The molecule has 4 bridgehead atoms. The third-order valence-corrected chi connectivity index (χ3v) is 6.12. The lowest BCUT2D eigenvalue weighted by Crippen LogP contribution is -2.49. The Morgan fingerprint density at radius 2 is 0.722 bits per heavy atom. The zero-order chi connectivity index (χ0) is 12.6. The van der Waals surface area contributed by atoms with Crippen molar-refractivity contribution in [3.8, 4) is 0 Å². The van der Waals surface area contributed by atoms with Crippen LogP contribution in [0.1, 0.15) is 77.0 Å². The Morgan fingerprint density at radius 1 is 0.500 bits per heavy atom. The Morgan fingerprint density at radius 3 is 0.889 bits per heavy atom. The van der Waals surface area contributed by atoms with Crippen molar-refractivity contribution >= 4 is 0 Å². The van der Waals surface area contributed by atoms with Gasteiger partial charge in [-0.1, -0.05) is 38.5 Å². The summed E-state index contributed by atoms with van der Waals surface area (Å²) < 4.78 is 0. The first-order valence-electron chi connectivity index (χ1n) is 8.02. The Hall–Kier alpha value is -0.0800. The van der Waals surface area contributed by atoms with E-state index in [0.29, 0.717) is 0 Å². The maximum Gasteiger partial charge on any atom is 0.0651 e. The molecule has 6 aliphatic carbocycles. The van der Waals surface area contributed by atoms with Crippen molar-refractivity contribution in [3.05, 3.63) is 0 Å². The standard InChI is InChI=1S/C8H14O2.C8H14/c9-7-1-2-8(10,5-3-7)6-4-7;1-2-8-5-3-7(1)4-6-8/h9-10H,1-6H2;7-8H,1-6H2. The molecule has 6 fully saturated rings. The van der Waals surface area contributed by atoms with Crippen molar-refractivity contribution in [2.24, 2.45) is 11.8 Å². The molecule has 0 spiro atoms. The molecule has 18 heavy (non-hydrogen) atoms. The molecule has 6 rings (SSSR count). The van der Waals surface area contributed by atoms with Gasteiger partial charge in [-0.15, -0.1) is 0 Å². The summed E-state index contributed by atoms with van der Waals surface area (Å²) in [7, 11) is 0. The molecule has 0 heterocycles. The highest BCUT2D eigenvalue weighted by Gasteiger charge is 2.46. The zero-order valence-electron chi connectivity index (χ0n) is 11.5. The summed E-state index contributed by atoms with van der Waals surface area (Å²) in [6.45, 7) is 0. The fraction of sp³-hybridized carbons (Fsp3) is 1.00. The minimum Gasteiger partial charge on any atom is -0.390 e. The third kappa shape index (κ3) is 2.75. The summed E-state index contributed by atoms with van der Waals surface area (Å²) in [6, 6.07) is 0. The predicted octanol–water partition coefficient (Wildman–Crippen LogP) is 3.40. The van der Waals surface area contributed by atoms with Gasteiger partial charge < -0.3 is 10.2 Å². The lowest BCUT2D eigenvalue weighted by molar-refractivity contribution is -0.137. The second kappa shape index (κ2) is 4.79. The van der Waals surface area contributed by atoms with Crippen molar-refractivity contribution < 1.29 is 10.2 Å². The number of rotatable bonds is 0. The maximum atomic E-state index is 9.72.